The molecule has 0 radical (unpaired) electrons. The summed E-state index contributed by atoms with van der Waals surface area (Å²) in [4.78, 5) is 10.7. The van der Waals surface area contributed by atoms with Crippen LogP contribution in [0.1, 0.15) is 5.56 Å². The van der Waals surface area contributed by atoms with Crippen LogP contribution in [-0.4, -0.2) is 43.8 Å². The molecule has 1 N–H and O–H groups in total. The second-order valence-electron chi connectivity index (χ2n) is 3.72. The molecule has 0 aliphatic heterocycles. The molecule has 0 saturated heterocycles. The van der Waals surface area contributed by atoms with E-state index in [2.05, 4.69) is 0 Å². The van der Waals surface area contributed by atoms with Gasteiger partial charge in [-0.05, 0) is 19.1 Å². The molecule has 0 heterocycles. The smallest absolute Gasteiger partial charge is 0.243 e. The Bertz CT molecular complexity index is 481. The maximum atomic E-state index is 12.1. The predicted molar refractivity (Wildman–Crippen MR) is 63.1 cm³/mol. The van der Waals surface area contributed by atoms with Gasteiger partial charge in [0, 0.05) is 7.05 Å². The fourth-order valence-electron chi connectivity index (χ4n) is 1.30. The zero-order valence-electron chi connectivity index (χ0n) is 9.70. The number of aryl methyl sites for hydroxylation is 1. The number of aliphatic hydroxyl groups excluding tert-OH is 1. The zero-order chi connectivity index (χ0) is 13.1. The van der Waals surface area contributed by atoms with Crippen molar-refractivity contribution >= 4 is 16.3 Å². The van der Waals surface area contributed by atoms with Gasteiger partial charge in [0.05, 0.1) is 11.5 Å². The van der Waals surface area contributed by atoms with Crippen molar-refractivity contribution in [2.75, 3.05) is 13.7 Å². The zero-order valence-corrected chi connectivity index (χ0v) is 10.5. The van der Waals surface area contributed by atoms with Gasteiger partial charge in [-0.3, -0.25) is 0 Å². The Morgan fingerprint density at radius 2 is 1.88 bits per heavy atom. The van der Waals surface area contributed by atoms with E-state index in [0.29, 0.717) is 6.29 Å². The van der Waals surface area contributed by atoms with E-state index in [-0.39, 0.29) is 4.90 Å². The Balaban J connectivity index is 3.10. The van der Waals surface area contributed by atoms with E-state index in [0.717, 1.165) is 9.87 Å². The highest BCUT2D eigenvalue weighted by Crippen LogP contribution is 2.16. The summed E-state index contributed by atoms with van der Waals surface area (Å²) in [5, 5.41) is 8.91. The maximum absolute atomic E-state index is 12.1. The first-order valence-electron chi connectivity index (χ1n) is 5.04. The first-order chi connectivity index (χ1) is 7.93. The van der Waals surface area contributed by atoms with E-state index < -0.39 is 22.7 Å². The number of rotatable bonds is 5. The summed E-state index contributed by atoms with van der Waals surface area (Å²) >= 11 is 0. The second kappa shape index (κ2) is 5.39. The molecule has 0 aliphatic rings. The normalized spacial score (nSPS) is 13.6. The van der Waals surface area contributed by atoms with Crippen LogP contribution < -0.4 is 0 Å². The van der Waals surface area contributed by atoms with Gasteiger partial charge in [0.1, 0.15) is 12.3 Å². The van der Waals surface area contributed by atoms with E-state index in [9.17, 15) is 13.2 Å². The Morgan fingerprint density at radius 3 is 2.29 bits per heavy atom. The topological polar surface area (TPSA) is 74.7 Å². The number of aliphatic hydroxyl groups is 1. The molecule has 0 aliphatic carbocycles. The van der Waals surface area contributed by atoms with Crippen molar-refractivity contribution in [1.29, 1.82) is 0 Å². The SMILES string of the molecule is Cc1ccc(S(=O)(=O)N(C)[C@H](C=O)CO)cc1. The van der Waals surface area contributed by atoms with Gasteiger partial charge in [-0.25, -0.2) is 8.42 Å². The third-order valence-corrected chi connectivity index (χ3v) is 4.41. The molecule has 0 unspecified atom stereocenters. The Hall–Kier alpha value is -1.24. The monoisotopic (exact) mass is 257 g/mol. The van der Waals surface area contributed by atoms with Crippen LogP contribution in [0.3, 0.4) is 0 Å². The predicted octanol–water partition coefficient (Wildman–Crippen LogP) is 0.175. The number of nitrogens with zero attached hydrogens (tertiary/aromatic N) is 1. The summed E-state index contributed by atoms with van der Waals surface area (Å²) in [6.45, 7) is 1.31. The average molecular weight is 257 g/mol. The van der Waals surface area contributed by atoms with Crippen LogP contribution in [0, 0.1) is 6.92 Å². The molecule has 17 heavy (non-hydrogen) atoms. The van der Waals surface area contributed by atoms with Crippen molar-refractivity contribution in [3.8, 4) is 0 Å². The van der Waals surface area contributed by atoms with Gasteiger partial charge in [0.25, 0.3) is 0 Å². The van der Waals surface area contributed by atoms with Crippen molar-refractivity contribution in [2.24, 2.45) is 0 Å². The molecule has 94 valence electrons. The molecule has 0 aromatic heterocycles. The lowest BCUT2D eigenvalue weighted by atomic mass is 10.2. The van der Waals surface area contributed by atoms with Crippen molar-refractivity contribution < 1.29 is 18.3 Å². The number of likely N-dealkylation sites (N-methyl/N-ethyl adjacent to an activating group) is 1. The largest absolute Gasteiger partial charge is 0.394 e. The summed E-state index contributed by atoms with van der Waals surface area (Å²) in [5.41, 5.74) is 0.945. The molecule has 6 heteroatoms. The molecular weight excluding hydrogens is 242 g/mol. The minimum Gasteiger partial charge on any atom is -0.394 e. The van der Waals surface area contributed by atoms with Gasteiger partial charge in [-0.15, -0.1) is 0 Å². The van der Waals surface area contributed by atoms with E-state index in [1.807, 2.05) is 6.92 Å². The average Bonchev–Trinajstić information content (AvgIpc) is 2.31. The second-order valence-corrected chi connectivity index (χ2v) is 5.72. The van der Waals surface area contributed by atoms with Gasteiger partial charge in [-0.1, -0.05) is 17.7 Å². The molecule has 1 aromatic rings. The first kappa shape index (κ1) is 13.8. The Labute approximate surface area is 101 Å². The van der Waals surface area contributed by atoms with Crippen molar-refractivity contribution in [2.45, 2.75) is 17.9 Å². The minimum absolute atomic E-state index is 0.103. The number of hydrogen-bond acceptors (Lipinski definition) is 4. The van der Waals surface area contributed by atoms with Crippen LogP contribution in [0.15, 0.2) is 29.2 Å². The minimum atomic E-state index is -3.74. The van der Waals surface area contributed by atoms with Crippen LogP contribution in [0.4, 0.5) is 0 Å². The molecule has 0 amide bonds. The fraction of sp³-hybridized carbons (Fsp3) is 0.364. The lowest BCUT2D eigenvalue weighted by molar-refractivity contribution is -0.111. The summed E-state index contributed by atoms with van der Waals surface area (Å²) in [5.74, 6) is 0. The van der Waals surface area contributed by atoms with Crippen LogP contribution in [0.25, 0.3) is 0 Å². The molecule has 0 saturated carbocycles. The standard InChI is InChI=1S/C11H15NO4S/c1-9-3-5-11(6-4-9)17(15,16)12(2)10(7-13)8-14/h3-7,10,14H,8H2,1-2H3/t10-/m1/s1. The molecular formula is C11H15NO4S. The number of aldehydes is 1. The van der Waals surface area contributed by atoms with Crippen molar-refractivity contribution in [1.82, 2.24) is 4.31 Å². The van der Waals surface area contributed by atoms with Crippen LogP contribution in [0.2, 0.25) is 0 Å². The molecule has 5 nitrogen and oxygen atoms in total. The van der Waals surface area contributed by atoms with Crippen molar-refractivity contribution in [3.05, 3.63) is 29.8 Å². The van der Waals surface area contributed by atoms with Crippen molar-refractivity contribution in [3.63, 3.8) is 0 Å². The lowest BCUT2D eigenvalue weighted by Gasteiger charge is -2.21. The van der Waals surface area contributed by atoms with E-state index in [4.69, 9.17) is 5.11 Å². The highest BCUT2D eigenvalue weighted by atomic mass is 32.2. The molecule has 0 bridgehead atoms. The first-order valence-corrected chi connectivity index (χ1v) is 6.48. The Kier molecular flexibility index (Phi) is 4.39. The molecule has 1 aromatic carbocycles. The summed E-state index contributed by atoms with van der Waals surface area (Å²) in [7, 11) is -2.47. The van der Waals surface area contributed by atoms with Crippen LogP contribution in [0.5, 0.6) is 0 Å². The highest BCUT2D eigenvalue weighted by Gasteiger charge is 2.27. The summed E-state index contributed by atoms with van der Waals surface area (Å²) in [6, 6.07) is 5.24. The Morgan fingerprint density at radius 1 is 1.35 bits per heavy atom. The van der Waals surface area contributed by atoms with Gasteiger partial charge in [0.15, 0.2) is 0 Å². The van der Waals surface area contributed by atoms with Gasteiger partial charge >= 0.3 is 0 Å². The fourth-order valence-corrected chi connectivity index (χ4v) is 2.58. The molecule has 1 rings (SSSR count). The number of hydrogen-bond donors (Lipinski definition) is 1. The van der Waals surface area contributed by atoms with Crippen LogP contribution in [-0.2, 0) is 14.8 Å². The highest BCUT2D eigenvalue weighted by molar-refractivity contribution is 7.89. The number of sulfonamides is 1. The summed E-state index contributed by atoms with van der Waals surface area (Å²) < 4.78 is 25.0. The quantitative estimate of drug-likeness (QED) is 0.763. The van der Waals surface area contributed by atoms with Gasteiger partial charge < -0.3 is 9.90 Å². The molecule has 0 fully saturated rings. The van der Waals surface area contributed by atoms with Gasteiger partial charge in [0.2, 0.25) is 10.0 Å². The third-order valence-electron chi connectivity index (χ3n) is 2.51. The number of benzene rings is 1. The maximum Gasteiger partial charge on any atom is 0.243 e. The van der Waals surface area contributed by atoms with Crippen LogP contribution >= 0.6 is 0 Å². The summed E-state index contributed by atoms with van der Waals surface area (Å²) in [6.07, 6.45) is 0.408. The third kappa shape index (κ3) is 2.91. The lowest BCUT2D eigenvalue weighted by Crippen LogP contribution is -2.40. The van der Waals surface area contributed by atoms with E-state index >= 15 is 0 Å². The van der Waals surface area contributed by atoms with Gasteiger partial charge in [-0.2, -0.15) is 4.31 Å². The number of carbonyl (C=O) groups is 1. The molecule has 0 spiro atoms. The number of carbonyl (C=O) groups excluding carboxylic acids is 1. The van der Waals surface area contributed by atoms with E-state index in [1.54, 1.807) is 12.1 Å². The van der Waals surface area contributed by atoms with E-state index in [1.165, 1.54) is 19.2 Å². The molecule has 1 atom stereocenters.